The molecule has 2 aromatic carbocycles. The zero-order valence-corrected chi connectivity index (χ0v) is 12.8. The lowest BCUT2D eigenvalue weighted by atomic mass is 10.2. The smallest absolute Gasteiger partial charge is 0.299 e. The Labute approximate surface area is 138 Å². The van der Waals surface area contributed by atoms with Gasteiger partial charge >= 0.3 is 0 Å². The average molecular weight is 321 g/mol. The maximum atomic E-state index is 12.3. The highest BCUT2D eigenvalue weighted by Crippen LogP contribution is 2.35. The number of amides is 1. The van der Waals surface area contributed by atoms with E-state index in [1.807, 2.05) is 12.1 Å². The predicted octanol–water partition coefficient (Wildman–Crippen LogP) is 4.36. The molecule has 0 radical (unpaired) electrons. The SMILES string of the molecule is C=CCOc1ccccc1C(=O)N=Nc1c(O)[nH]c2ccccc12. The number of hydrogen-bond acceptors (Lipinski definition) is 4. The number of ether oxygens (including phenoxy) is 1. The van der Waals surface area contributed by atoms with Gasteiger partial charge in [-0.05, 0) is 18.2 Å². The first kappa shape index (κ1) is 15.5. The molecule has 0 aliphatic carbocycles. The van der Waals surface area contributed by atoms with Gasteiger partial charge in [-0.1, -0.05) is 43.0 Å². The summed E-state index contributed by atoms with van der Waals surface area (Å²) >= 11 is 0. The predicted molar refractivity (Wildman–Crippen MR) is 90.9 cm³/mol. The lowest BCUT2D eigenvalue weighted by molar-refractivity contribution is 0.0991. The van der Waals surface area contributed by atoms with Crippen molar-refractivity contribution >= 4 is 22.5 Å². The summed E-state index contributed by atoms with van der Waals surface area (Å²) in [5, 5.41) is 18.2. The van der Waals surface area contributed by atoms with Gasteiger partial charge in [0.25, 0.3) is 5.91 Å². The Kier molecular flexibility index (Phi) is 4.38. The number of nitrogens with one attached hydrogen (secondary N) is 1. The maximum Gasteiger partial charge on any atom is 0.299 e. The molecule has 24 heavy (non-hydrogen) atoms. The zero-order chi connectivity index (χ0) is 16.9. The number of hydrogen-bond donors (Lipinski definition) is 2. The minimum atomic E-state index is -0.556. The molecule has 0 fully saturated rings. The second-order valence-electron chi connectivity index (χ2n) is 4.97. The van der Waals surface area contributed by atoms with E-state index in [2.05, 4.69) is 21.8 Å². The normalized spacial score (nSPS) is 11.0. The van der Waals surface area contributed by atoms with Crippen molar-refractivity contribution in [3.8, 4) is 11.6 Å². The molecule has 3 aromatic rings. The number of para-hydroxylation sites is 2. The Hall–Kier alpha value is -3.41. The molecule has 1 aromatic heterocycles. The molecular weight excluding hydrogens is 306 g/mol. The van der Waals surface area contributed by atoms with Gasteiger partial charge in [-0.25, -0.2) is 0 Å². The van der Waals surface area contributed by atoms with Gasteiger partial charge in [0.05, 0.1) is 11.1 Å². The Morgan fingerprint density at radius 1 is 1.21 bits per heavy atom. The highest BCUT2D eigenvalue weighted by atomic mass is 16.5. The van der Waals surface area contributed by atoms with Gasteiger partial charge < -0.3 is 14.8 Å². The fourth-order valence-corrected chi connectivity index (χ4v) is 2.28. The number of carbonyl (C=O) groups is 1. The number of fused-ring (bicyclic) bond motifs is 1. The number of carbonyl (C=O) groups excluding carboxylic acids is 1. The fraction of sp³-hybridized carbons (Fsp3) is 0.0556. The monoisotopic (exact) mass is 321 g/mol. The summed E-state index contributed by atoms with van der Waals surface area (Å²) in [4.78, 5) is 15.1. The number of azo groups is 1. The van der Waals surface area contributed by atoms with E-state index >= 15 is 0 Å². The number of rotatable bonds is 5. The van der Waals surface area contributed by atoms with E-state index in [0.717, 1.165) is 0 Å². The van der Waals surface area contributed by atoms with E-state index in [0.29, 0.717) is 22.2 Å². The molecule has 0 saturated heterocycles. The van der Waals surface area contributed by atoms with E-state index in [1.54, 1.807) is 42.5 Å². The van der Waals surface area contributed by atoms with Crippen molar-refractivity contribution in [2.45, 2.75) is 0 Å². The second kappa shape index (κ2) is 6.78. The summed E-state index contributed by atoms with van der Waals surface area (Å²) in [6, 6.07) is 14.0. The van der Waals surface area contributed by atoms with Crippen LogP contribution in [0.3, 0.4) is 0 Å². The molecule has 0 spiro atoms. The number of aromatic nitrogens is 1. The van der Waals surface area contributed by atoms with Gasteiger partial charge in [0, 0.05) is 5.39 Å². The molecular formula is C18H15N3O3. The molecule has 0 unspecified atom stereocenters. The van der Waals surface area contributed by atoms with Crippen molar-refractivity contribution in [3.63, 3.8) is 0 Å². The van der Waals surface area contributed by atoms with E-state index < -0.39 is 5.91 Å². The third kappa shape index (κ3) is 3.03. The molecule has 6 heteroatoms. The standard InChI is InChI=1S/C18H15N3O3/c1-2-11-24-15-10-6-4-8-13(15)17(22)21-20-16-12-7-3-5-9-14(12)19-18(16)23/h2-10,19,23H,1,11H2. The third-order valence-electron chi connectivity index (χ3n) is 3.37. The van der Waals surface area contributed by atoms with Crippen molar-refractivity contribution in [2.75, 3.05) is 6.61 Å². The quantitative estimate of drug-likeness (QED) is 0.540. The number of H-pyrrole nitrogens is 1. The maximum absolute atomic E-state index is 12.3. The van der Waals surface area contributed by atoms with Crippen LogP contribution in [-0.4, -0.2) is 22.6 Å². The Balaban J connectivity index is 1.90. The number of aromatic hydroxyl groups is 1. The van der Waals surface area contributed by atoms with Crippen LogP contribution in [0.15, 0.2) is 71.4 Å². The molecule has 0 bridgehead atoms. The molecule has 2 N–H and O–H groups in total. The number of nitrogens with zero attached hydrogens (tertiary/aromatic N) is 2. The van der Waals surface area contributed by atoms with Crippen LogP contribution in [0.5, 0.6) is 11.6 Å². The summed E-state index contributed by atoms with van der Waals surface area (Å²) in [6.07, 6.45) is 1.59. The van der Waals surface area contributed by atoms with Crippen LogP contribution in [0.1, 0.15) is 10.4 Å². The molecule has 1 heterocycles. The van der Waals surface area contributed by atoms with Crippen molar-refractivity contribution in [2.24, 2.45) is 10.2 Å². The average Bonchev–Trinajstić information content (AvgIpc) is 2.93. The minimum absolute atomic E-state index is 0.135. The Morgan fingerprint density at radius 2 is 1.96 bits per heavy atom. The van der Waals surface area contributed by atoms with Crippen molar-refractivity contribution < 1.29 is 14.6 Å². The minimum Gasteiger partial charge on any atom is -0.493 e. The van der Waals surface area contributed by atoms with E-state index in [1.165, 1.54) is 0 Å². The Morgan fingerprint density at radius 3 is 2.79 bits per heavy atom. The van der Waals surface area contributed by atoms with Gasteiger partial charge in [-0.15, -0.1) is 10.2 Å². The van der Waals surface area contributed by atoms with Gasteiger partial charge in [0.15, 0.2) is 5.69 Å². The lowest BCUT2D eigenvalue weighted by Crippen LogP contribution is -2.01. The molecule has 6 nitrogen and oxygen atoms in total. The molecule has 3 rings (SSSR count). The summed E-state index contributed by atoms with van der Waals surface area (Å²) < 4.78 is 5.44. The van der Waals surface area contributed by atoms with Crippen LogP contribution >= 0.6 is 0 Å². The number of aromatic amines is 1. The highest BCUT2D eigenvalue weighted by Gasteiger charge is 2.13. The first-order valence-corrected chi connectivity index (χ1v) is 7.29. The molecule has 120 valence electrons. The topological polar surface area (TPSA) is 87.0 Å². The van der Waals surface area contributed by atoms with Gasteiger partial charge in [-0.3, -0.25) is 4.79 Å². The van der Waals surface area contributed by atoms with Crippen LogP contribution in [-0.2, 0) is 0 Å². The second-order valence-corrected chi connectivity index (χ2v) is 4.97. The van der Waals surface area contributed by atoms with Crippen LogP contribution in [0, 0.1) is 0 Å². The van der Waals surface area contributed by atoms with E-state index in [9.17, 15) is 9.90 Å². The largest absolute Gasteiger partial charge is 0.493 e. The fourth-order valence-electron chi connectivity index (χ4n) is 2.28. The van der Waals surface area contributed by atoms with Crippen molar-refractivity contribution in [3.05, 3.63) is 66.7 Å². The van der Waals surface area contributed by atoms with Gasteiger partial charge in [0.1, 0.15) is 12.4 Å². The van der Waals surface area contributed by atoms with Crippen molar-refractivity contribution in [1.29, 1.82) is 0 Å². The van der Waals surface area contributed by atoms with E-state index in [-0.39, 0.29) is 18.2 Å². The molecule has 0 atom stereocenters. The summed E-state index contributed by atoms with van der Waals surface area (Å²) in [7, 11) is 0. The van der Waals surface area contributed by atoms with Crippen LogP contribution < -0.4 is 4.74 Å². The highest BCUT2D eigenvalue weighted by molar-refractivity contribution is 5.98. The lowest BCUT2D eigenvalue weighted by Gasteiger charge is -2.06. The molecule has 0 aliphatic rings. The summed E-state index contributed by atoms with van der Waals surface area (Å²) in [5.41, 5.74) is 1.23. The first-order chi connectivity index (χ1) is 11.7. The van der Waals surface area contributed by atoms with Crippen LogP contribution in [0.25, 0.3) is 10.9 Å². The van der Waals surface area contributed by atoms with Gasteiger partial charge in [-0.2, -0.15) is 0 Å². The molecule has 0 saturated carbocycles. The van der Waals surface area contributed by atoms with Crippen LogP contribution in [0.2, 0.25) is 0 Å². The molecule has 0 aliphatic heterocycles. The zero-order valence-electron chi connectivity index (χ0n) is 12.8. The third-order valence-corrected chi connectivity index (χ3v) is 3.37. The number of benzene rings is 2. The Bertz CT molecular complexity index is 928. The molecule has 1 amide bonds. The summed E-state index contributed by atoms with van der Waals surface area (Å²) in [5.74, 6) is -0.284. The van der Waals surface area contributed by atoms with Crippen LogP contribution in [0.4, 0.5) is 5.69 Å². The van der Waals surface area contributed by atoms with Gasteiger partial charge in [0.2, 0.25) is 5.88 Å². The summed E-state index contributed by atoms with van der Waals surface area (Å²) in [6.45, 7) is 3.86. The van der Waals surface area contributed by atoms with Crippen molar-refractivity contribution in [1.82, 2.24) is 4.98 Å². The first-order valence-electron chi connectivity index (χ1n) is 7.29. The van der Waals surface area contributed by atoms with E-state index in [4.69, 9.17) is 4.74 Å².